The van der Waals surface area contributed by atoms with Gasteiger partial charge in [0.05, 0.1) is 22.9 Å². The minimum absolute atomic E-state index is 0.398. The van der Waals surface area contributed by atoms with E-state index in [2.05, 4.69) is 35.8 Å². The molecule has 3 rings (SSSR count). The van der Waals surface area contributed by atoms with Gasteiger partial charge >= 0.3 is 0 Å². The maximum absolute atomic E-state index is 5.52. The van der Waals surface area contributed by atoms with E-state index >= 15 is 0 Å². The van der Waals surface area contributed by atoms with Crippen LogP contribution < -0.4 is 5.73 Å². The molecule has 3 aromatic rings. The van der Waals surface area contributed by atoms with E-state index in [1.807, 2.05) is 31.4 Å². The van der Waals surface area contributed by atoms with Gasteiger partial charge in [-0.3, -0.25) is 0 Å². The molecule has 0 saturated carbocycles. The van der Waals surface area contributed by atoms with E-state index in [4.69, 9.17) is 5.73 Å². The van der Waals surface area contributed by atoms with Gasteiger partial charge in [0.15, 0.2) is 0 Å². The number of hydrogen-bond donors (Lipinski definition) is 1. The van der Waals surface area contributed by atoms with Crippen molar-refractivity contribution in [3.05, 3.63) is 40.4 Å². The molecule has 2 N–H and O–H groups in total. The molecule has 0 saturated heterocycles. The lowest BCUT2D eigenvalue weighted by Gasteiger charge is -2.01. The predicted molar refractivity (Wildman–Crippen MR) is 75.4 cm³/mol. The Bertz CT molecular complexity index is 729. The highest BCUT2D eigenvalue weighted by Crippen LogP contribution is 2.20. The van der Waals surface area contributed by atoms with Gasteiger partial charge in [0.1, 0.15) is 12.4 Å². The second kappa shape index (κ2) is 4.75. The first kappa shape index (κ1) is 12.3. The third kappa shape index (κ3) is 2.26. The molecule has 6 nitrogen and oxygen atoms in total. The molecule has 0 aliphatic rings. The fourth-order valence-electron chi connectivity index (χ4n) is 2.02. The van der Waals surface area contributed by atoms with Gasteiger partial charge in [-0.1, -0.05) is 21.1 Å². The summed E-state index contributed by atoms with van der Waals surface area (Å²) in [6.45, 7) is 0.977. The number of nitrogens with two attached hydrogens (primary N) is 1. The average Bonchev–Trinajstić information content (AvgIpc) is 2.96. The van der Waals surface area contributed by atoms with Crippen molar-refractivity contribution in [1.29, 1.82) is 0 Å². The molecule has 0 aliphatic carbocycles. The molecule has 0 aliphatic heterocycles. The first-order chi connectivity index (χ1) is 9.17. The first-order valence-corrected chi connectivity index (χ1v) is 6.66. The number of aromatic nitrogens is 5. The topological polar surface area (TPSA) is 74.5 Å². The zero-order valence-electron chi connectivity index (χ0n) is 10.4. The number of rotatable bonds is 3. The number of fused-ring (bicyclic) bond motifs is 1. The molecule has 1 aromatic carbocycles. The zero-order chi connectivity index (χ0) is 13.4. The molecular weight excluding hydrogens is 308 g/mol. The Hall–Kier alpha value is -1.73. The Morgan fingerprint density at radius 1 is 1.37 bits per heavy atom. The Kier molecular flexibility index (Phi) is 3.08. The molecule has 0 unspecified atom stereocenters. The number of hydrogen-bond acceptors (Lipinski definition) is 4. The largest absolute Gasteiger partial charge is 0.330 e. The van der Waals surface area contributed by atoms with Crippen LogP contribution >= 0.6 is 15.9 Å². The Morgan fingerprint density at radius 3 is 2.95 bits per heavy atom. The smallest absolute Gasteiger partial charge is 0.131 e. The quantitative estimate of drug-likeness (QED) is 0.792. The van der Waals surface area contributed by atoms with Crippen LogP contribution in [0.5, 0.6) is 0 Å². The maximum atomic E-state index is 5.52. The van der Waals surface area contributed by atoms with Crippen LogP contribution in [-0.4, -0.2) is 24.5 Å². The predicted octanol–water partition coefficient (Wildman–Crippen LogP) is 1.43. The van der Waals surface area contributed by atoms with E-state index < -0.39 is 0 Å². The summed E-state index contributed by atoms with van der Waals surface area (Å²) in [6.07, 6.45) is 1.84. The van der Waals surface area contributed by atoms with E-state index in [9.17, 15) is 0 Å². The van der Waals surface area contributed by atoms with E-state index in [1.54, 1.807) is 4.68 Å². The molecule has 0 fully saturated rings. The molecule has 0 radical (unpaired) electrons. The van der Waals surface area contributed by atoms with Crippen LogP contribution in [0.2, 0.25) is 0 Å². The van der Waals surface area contributed by atoms with Crippen molar-refractivity contribution in [3.8, 4) is 0 Å². The van der Waals surface area contributed by atoms with Gasteiger partial charge in [0.25, 0.3) is 0 Å². The minimum atomic E-state index is 0.398. The van der Waals surface area contributed by atoms with Crippen molar-refractivity contribution >= 4 is 27.0 Å². The van der Waals surface area contributed by atoms with Gasteiger partial charge in [0, 0.05) is 18.1 Å². The highest BCUT2D eigenvalue weighted by atomic mass is 79.9. The Labute approximate surface area is 118 Å². The lowest BCUT2D eigenvalue weighted by atomic mass is 10.3. The van der Waals surface area contributed by atoms with Crippen LogP contribution in [-0.2, 0) is 20.1 Å². The van der Waals surface area contributed by atoms with Gasteiger partial charge in [-0.05, 0) is 18.2 Å². The third-order valence-electron chi connectivity index (χ3n) is 3.03. The summed E-state index contributed by atoms with van der Waals surface area (Å²) in [5.41, 5.74) is 8.36. The summed E-state index contributed by atoms with van der Waals surface area (Å²) >= 11 is 3.46. The van der Waals surface area contributed by atoms with Crippen molar-refractivity contribution in [2.24, 2.45) is 12.8 Å². The van der Waals surface area contributed by atoms with E-state index in [0.29, 0.717) is 13.1 Å². The first-order valence-electron chi connectivity index (χ1n) is 5.87. The second-order valence-corrected chi connectivity index (χ2v) is 5.25. The van der Waals surface area contributed by atoms with Gasteiger partial charge < -0.3 is 10.3 Å². The maximum Gasteiger partial charge on any atom is 0.131 e. The van der Waals surface area contributed by atoms with E-state index in [0.717, 1.165) is 27.0 Å². The number of nitrogens with zero attached hydrogens (tertiary/aromatic N) is 5. The molecule has 0 amide bonds. The monoisotopic (exact) mass is 320 g/mol. The molecule has 19 heavy (non-hydrogen) atoms. The molecule has 0 bridgehead atoms. The van der Waals surface area contributed by atoms with Crippen LogP contribution in [0.25, 0.3) is 11.0 Å². The summed E-state index contributed by atoms with van der Waals surface area (Å²) in [7, 11) is 2.00. The molecule has 0 atom stereocenters. The van der Waals surface area contributed by atoms with Gasteiger partial charge in [-0.25, -0.2) is 9.67 Å². The minimum Gasteiger partial charge on any atom is -0.330 e. The number of benzene rings is 1. The Balaban J connectivity index is 1.98. The summed E-state index contributed by atoms with van der Waals surface area (Å²) in [5, 5.41) is 8.01. The summed E-state index contributed by atoms with van der Waals surface area (Å²) < 4.78 is 4.83. The van der Waals surface area contributed by atoms with Gasteiger partial charge in [-0.15, -0.1) is 5.10 Å². The van der Waals surface area contributed by atoms with Gasteiger partial charge in [-0.2, -0.15) is 0 Å². The number of aryl methyl sites for hydroxylation is 1. The second-order valence-electron chi connectivity index (χ2n) is 4.33. The van der Waals surface area contributed by atoms with Crippen molar-refractivity contribution in [3.63, 3.8) is 0 Å². The standard InChI is InChI=1S/C12H13BrN6/c1-18-11-3-2-8(13)4-10(11)15-12(18)7-19-6-9(5-14)16-17-19/h2-4,6H,5,7,14H2,1H3. The van der Waals surface area contributed by atoms with Crippen molar-refractivity contribution in [2.75, 3.05) is 0 Å². The summed E-state index contributed by atoms with van der Waals surface area (Å²) in [6, 6.07) is 6.06. The van der Waals surface area contributed by atoms with Gasteiger partial charge in [0.2, 0.25) is 0 Å². The average molecular weight is 321 g/mol. The zero-order valence-corrected chi connectivity index (χ0v) is 12.0. The van der Waals surface area contributed by atoms with Crippen LogP contribution in [0.1, 0.15) is 11.5 Å². The molecule has 2 aromatic heterocycles. The lowest BCUT2D eigenvalue weighted by molar-refractivity contribution is 0.610. The van der Waals surface area contributed by atoms with E-state index in [1.165, 1.54) is 0 Å². The fraction of sp³-hybridized carbons (Fsp3) is 0.250. The van der Waals surface area contributed by atoms with Crippen LogP contribution in [0.3, 0.4) is 0 Å². The SMILES string of the molecule is Cn1c(Cn2cc(CN)nn2)nc2cc(Br)ccc21. The van der Waals surface area contributed by atoms with Crippen LogP contribution in [0.4, 0.5) is 0 Å². The Morgan fingerprint density at radius 2 is 2.21 bits per heavy atom. The summed E-state index contributed by atoms with van der Waals surface area (Å²) in [5.74, 6) is 0.932. The number of imidazole rings is 1. The van der Waals surface area contributed by atoms with Crippen molar-refractivity contribution in [1.82, 2.24) is 24.5 Å². The highest BCUT2D eigenvalue weighted by Gasteiger charge is 2.09. The van der Waals surface area contributed by atoms with E-state index in [-0.39, 0.29) is 0 Å². The van der Waals surface area contributed by atoms with Crippen molar-refractivity contribution < 1.29 is 0 Å². The molecule has 98 valence electrons. The van der Waals surface area contributed by atoms with Crippen LogP contribution in [0.15, 0.2) is 28.9 Å². The molecule has 2 heterocycles. The lowest BCUT2D eigenvalue weighted by Crippen LogP contribution is -2.06. The molecule has 7 heteroatoms. The highest BCUT2D eigenvalue weighted by molar-refractivity contribution is 9.10. The third-order valence-corrected chi connectivity index (χ3v) is 3.53. The normalized spacial score (nSPS) is 11.3. The molecule has 0 spiro atoms. The molecular formula is C12H13BrN6. The van der Waals surface area contributed by atoms with Crippen molar-refractivity contribution in [2.45, 2.75) is 13.1 Å². The summed E-state index contributed by atoms with van der Waals surface area (Å²) in [4.78, 5) is 4.62. The number of halogens is 1. The van der Waals surface area contributed by atoms with Crippen LogP contribution in [0, 0.1) is 0 Å². The fourth-order valence-corrected chi connectivity index (χ4v) is 2.37.